The van der Waals surface area contributed by atoms with E-state index in [0.717, 1.165) is 0 Å². The van der Waals surface area contributed by atoms with Crippen LogP contribution in [0.25, 0.3) is 0 Å². The van der Waals surface area contributed by atoms with Gasteiger partial charge in [0, 0.05) is 28.4 Å². The molecule has 1 rings (SSSR count). The van der Waals surface area contributed by atoms with Crippen LogP contribution in [-0.4, -0.2) is 71.5 Å². The molecule has 9 heteroatoms. The number of rotatable bonds is 8. The Hall–Kier alpha value is -0.420. The van der Waals surface area contributed by atoms with Crippen molar-refractivity contribution in [3.8, 4) is 0 Å². The lowest BCUT2D eigenvalue weighted by Gasteiger charge is -2.44. The smallest absolute Gasteiger partial charge is 0.328 e. The summed E-state index contributed by atoms with van der Waals surface area (Å²) < 4.78 is 27.4. The maximum absolute atomic E-state index is 11.6. The van der Waals surface area contributed by atoms with Crippen LogP contribution in [0.4, 0.5) is 0 Å². The average molecular weight is 325 g/mol. The first-order valence-corrected chi connectivity index (χ1v) is 6.89. The Kier molecular flexibility index (Phi) is 8.49. The molecule has 0 aromatic carbocycles. The van der Waals surface area contributed by atoms with E-state index in [2.05, 4.69) is 17.7 Å². The number of hydrogen-bond donors (Lipinski definition) is 2. The van der Waals surface area contributed by atoms with E-state index in [1.165, 1.54) is 7.11 Å². The van der Waals surface area contributed by atoms with Crippen molar-refractivity contribution in [1.82, 2.24) is 4.89 Å². The van der Waals surface area contributed by atoms with Gasteiger partial charge in [0.1, 0.15) is 24.4 Å². The van der Waals surface area contributed by atoms with Gasteiger partial charge in [-0.25, -0.2) is 0 Å². The number of thiol groups is 1. The molecule has 8 nitrogen and oxygen atoms in total. The second-order valence-corrected chi connectivity index (χ2v) is 4.72. The zero-order valence-electron chi connectivity index (χ0n) is 12.6. The molecule has 0 spiro atoms. The van der Waals surface area contributed by atoms with Gasteiger partial charge in [-0.1, -0.05) is 17.7 Å². The molecule has 1 heterocycles. The van der Waals surface area contributed by atoms with E-state index in [4.69, 9.17) is 23.7 Å². The lowest BCUT2D eigenvalue weighted by atomic mass is 9.93. The summed E-state index contributed by atoms with van der Waals surface area (Å²) in [7, 11) is 6.21. The van der Waals surface area contributed by atoms with E-state index in [1.54, 1.807) is 21.3 Å². The van der Waals surface area contributed by atoms with Crippen LogP contribution in [-0.2, 0) is 33.3 Å². The SMILES string of the molecule is COCC1OC(CC(=O)ONS)C(OC)C(OC)C1OC. The molecule has 124 valence electrons. The van der Waals surface area contributed by atoms with Crippen molar-refractivity contribution >= 4 is 18.8 Å². The van der Waals surface area contributed by atoms with Crippen molar-refractivity contribution in [1.29, 1.82) is 0 Å². The molecule has 1 N–H and O–H groups in total. The summed E-state index contributed by atoms with van der Waals surface area (Å²) >= 11 is 3.61. The van der Waals surface area contributed by atoms with Crippen LogP contribution in [0.15, 0.2) is 0 Å². The highest BCUT2D eigenvalue weighted by Gasteiger charge is 2.47. The van der Waals surface area contributed by atoms with E-state index in [1.807, 2.05) is 4.89 Å². The molecule has 0 saturated carbocycles. The van der Waals surface area contributed by atoms with Crippen LogP contribution in [0, 0.1) is 0 Å². The van der Waals surface area contributed by atoms with E-state index in [0.29, 0.717) is 6.61 Å². The van der Waals surface area contributed by atoms with Crippen LogP contribution in [0.5, 0.6) is 0 Å². The molecule has 0 aromatic heterocycles. The van der Waals surface area contributed by atoms with Crippen LogP contribution < -0.4 is 4.89 Å². The fraction of sp³-hybridized carbons (Fsp3) is 0.917. The molecular weight excluding hydrogens is 302 g/mol. The van der Waals surface area contributed by atoms with Crippen LogP contribution >= 0.6 is 12.8 Å². The number of methoxy groups -OCH3 is 4. The molecule has 21 heavy (non-hydrogen) atoms. The van der Waals surface area contributed by atoms with Gasteiger partial charge in [0.05, 0.1) is 19.1 Å². The van der Waals surface area contributed by atoms with Crippen molar-refractivity contribution in [3.63, 3.8) is 0 Å². The lowest BCUT2D eigenvalue weighted by molar-refractivity contribution is -0.251. The first-order chi connectivity index (χ1) is 10.1. The van der Waals surface area contributed by atoms with Crippen LogP contribution in [0.1, 0.15) is 6.42 Å². The third-order valence-electron chi connectivity index (χ3n) is 3.40. The molecule has 5 unspecified atom stereocenters. The summed E-state index contributed by atoms with van der Waals surface area (Å²) in [6.45, 7) is 0.311. The maximum atomic E-state index is 11.6. The van der Waals surface area contributed by atoms with Gasteiger partial charge in [0.2, 0.25) is 0 Å². The molecule has 0 bridgehead atoms. The minimum Gasteiger partial charge on any atom is -0.382 e. The van der Waals surface area contributed by atoms with E-state index < -0.39 is 24.3 Å². The molecule has 0 aliphatic carbocycles. The standard InChI is InChI=1S/C12H23NO7S/c1-15-6-8-11(17-3)12(18-4)10(16-2)7(19-8)5-9(14)20-13-21/h7-8,10-13,21H,5-6H2,1-4H3. The molecule has 1 aliphatic heterocycles. The predicted molar refractivity (Wildman–Crippen MR) is 75.8 cm³/mol. The van der Waals surface area contributed by atoms with Gasteiger partial charge in [0.15, 0.2) is 0 Å². The van der Waals surface area contributed by atoms with Gasteiger partial charge in [-0.05, 0) is 0 Å². The quantitative estimate of drug-likeness (QED) is 0.466. The predicted octanol–water partition coefficient (Wildman–Crippen LogP) is -0.272. The van der Waals surface area contributed by atoms with Crippen molar-refractivity contribution in [2.75, 3.05) is 35.0 Å². The Morgan fingerprint density at radius 1 is 1.05 bits per heavy atom. The number of carbonyl (C=O) groups excluding carboxylic acids is 1. The molecule has 0 aromatic rings. The minimum atomic E-state index is -0.541. The Morgan fingerprint density at radius 3 is 2.10 bits per heavy atom. The summed E-state index contributed by atoms with van der Waals surface area (Å²) in [5, 5.41) is 0. The summed E-state index contributed by atoms with van der Waals surface area (Å²) in [4.78, 5) is 18.2. The first kappa shape index (κ1) is 18.6. The van der Waals surface area contributed by atoms with E-state index in [-0.39, 0.29) is 18.6 Å². The van der Waals surface area contributed by atoms with Gasteiger partial charge >= 0.3 is 5.97 Å². The summed E-state index contributed by atoms with van der Waals surface area (Å²) in [5.74, 6) is -0.515. The zero-order valence-corrected chi connectivity index (χ0v) is 13.5. The average Bonchev–Trinajstić information content (AvgIpc) is 2.47. The van der Waals surface area contributed by atoms with Gasteiger partial charge in [-0.3, -0.25) is 4.79 Å². The van der Waals surface area contributed by atoms with Gasteiger partial charge < -0.3 is 28.5 Å². The highest BCUT2D eigenvalue weighted by Crippen LogP contribution is 2.29. The van der Waals surface area contributed by atoms with E-state index >= 15 is 0 Å². The molecular formula is C12H23NO7S. The van der Waals surface area contributed by atoms with Gasteiger partial charge in [-0.15, -0.1) is 0 Å². The normalized spacial score (nSPS) is 32.9. The molecule has 1 aliphatic rings. The Morgan fingerprint density at radius 2 is 1.62 bits per heavy atom. The van der Waals surface area contributed by atoms with Crippen molar-refractivity contribution in [3.05, 3.63) is 0 Å². The summed E-state index contributed by atoms with van der Waals surface area (Å²) in [6.07, 6.45) is -2.16. The highest BCUT2D eigenvalue weighted by molar-refractivity contribution is 7.77. The maximum Gasteiger partial charge on any atom is 0.328 e. The number of ether oxygens (including phenoxy) is 5. The van der Waals surface area contributed by atoms with Crippen molar-refractivity contribution in [2.45, 2.75) is 36.9 Å². The number of carbonyl (C=O) groups is 1. The topological polar surface area (TPSA) is 84.5 Å². The third kappa shape index (κ3) is 4.78. The first-order valence-electron chi connectivity index (χ1n) is 6.44. The van der Waals surface area contributed by atoms with Gasteiger partial charge in [0.25, 0.3) is 0 Å². The molecule has 0 amide bonds. The second kappa shape index (κ2) is 9.57. The fourth-order valence-corrected chi connectivity index (χ4v) is 2.65. The number of hydrogen-bond acceptors (Lipinski definition) is 9. The van der Waals surface area contributed by atoms with E-state index in [9.17, 15) is 4.79 Å². The molecule has 5 atom stereocenters. The summed E-state index contributed by atoms with van der Waals surface area (Å²) in [6, 6.07) is 0. The van der Waals surface area contributed by atoms with Gasteiger partial charge in [-0.2, -0.15) is 0 Å². The Balaban J connectivity index is 2.87. The van der Waals surface area contributed by atoms with Crippen LogP contribution in [0.3, 0.4) is 0 Å². The minimum absolute atomic E-state index is 0.0113. The zero-order chi connectivity index (χ0) is 15.8. The largest absolute Gasteiger partial charge is 0.382 e. The molecule has 0 radical (unpaired) electrons. The second-order valence-electron chi connectivity index (χ2n) is 4.54. The fourth-order valence-electron chi connectivity index (χ4n) is 2.55. The van der Waals surface area contributed by atoms with Crippen molar-refractivity contribution < 1.29 is 33.3 Å². The lowest BCUT2D eigenvalue weighted by Crippen LogP contribution is -2.60. The Bertz CT molecular complexity index is 320. The monoisotopic (exact) mass is 325 g/mol. The van der Waals surface area contributed by atoms with Crippen molar-refractivity contribution in [2.24, 2.45) is 0 Å². The number of nitrogens with one attached hydrogen (secondary N) is 1. The third-order valence-corrected chi connectivity index (χ3v) is 3.50. The Labute approximate surface area is 129 Å². The highest BCUT2D eigenvalue weighted by atomic mass is 32.1. The molecule has 1 fully saturated rings. The molecule has 1 saturated heterocycles. The van der Waals surface area contributed by atoms with Crippen LogP contribution in [0.2, 0.25) is 0 Å². The summed E-state index contributed by atoms with van der Waals surface area (Å²) in [5.41, 5.74) is 0.